The number of hydrogen-bond donors (Lipinski definition) is 0. The lowest BCUT2D eigenvalue weighted by Gasteiger charge is -2.24. The second-order valence-corrected chi connectivity index (χ2v) is 6.17. The zero-order valence-electron chi connectivity index (χ0n) is 15.5. The van der Waals surface area contributed by atoms with Gasteiger partial charge < -0.3 is 9.80 Å². The molecule has 0 bridgehead atoms. The molecule has 0 fully saturated rings. The van der Waals surface area contributed by atoms with Crippen molar-refractivity contribution >= 4 is 23.2 Å². The predicted molar refractivity (Wildman–Crippen MR) is 109 cm³/mol. The summed E-state index contributed by atoms with van der Waals surface area (Å²) in [6.07, 6.45) is 0. The molecule has 136 valence electrons. The van der Waals surface area contributed by atoms with Crippen molar-refractivity contribution in [3.05, 3.63) is 96.1 Å². The topological polar surface area (TPSA) is 40.6 Å². The second kappa shape index (κ2) is 8.32. The molecule has 0 aliphatic carbocycles. The molecule has 0 spiro atoms. The Kier molecular flexibility index (Phi) is 5.67. The van der Waals surface area contributed by atoms with Crippen molar-refractivity contribution in [1.29, 1.82) is 0 Å². The molecule has 0 atom stereocenters. The van der Waals surface area contributed by atoms with Crippen molar-refractivity contribution in [2.24, 2.45) is 0 Å². The van der Waals surface area contributed by atoms with Crippen LogP contribution in [0.15, 0.2) is 84.9 Å². The van der Waals surface area contributed by atoms with E-state index in [1.165, 1.54) is 0 Å². The van der Waals surface area contributed by atoms with E-state index in [4.69, 9.17) is 0 Å². The average Bonchev–Trinajstić information content (AvgIpc) is 2.74. The van der Waals surface area contributed by atoms with Crippen LogP contribution in [0, 0.1) is 0 Å². The second-order valence-electron chi connectivity index (χ2n) is 6.17. The van der Waals surface area contributed by atoms with Crippen LogP contribution in [-0.2, 0) is 0 Å². The first kappa shape index (κ1) is 18.4. The van der Waals surface area contributed by atoms with E-state index < -0.39 is 0 Å². The van der Waals surface area contributed by atoms with Gasteiger partial charge in [-0.15, -0.1) is 0 Å². The summed E-state index contributed by atoms with van der Waals surface area (Å²) in [4.78, 5) is 28.9. The number of benzene rings is 3. The minimum Gasteiger partial charge on any atom is -0.311 e. The van der Waals surface area contributed by atoms with Crippen molar-refractivity contribution < 1.29 is 9.59 Å². The van der Waals surface area contributed by atoms with Gasteiger partial charge in [-0.05, 0) is 49.4 Å². The van der Waals surface area contributed by atoms with Gasteiger partial charge in [-0.25, -0.2) is 0 Å². The third kappa shape index (κ3) is 4.06. The summed E-state index contributed by atoms with van der Waals surface area (Å²) >= 11 is 0. The molecule has 3 rings (SSSR count). The van der Waals surface area contributed by atoms with Crippen molar-refractivity contribution in [2.75, 3.05) is 23.4 Å². The summed E-state index contributed by atoms with van der Waals surface area (Å²) in [6.45, 7) is 2.47. The van der Waals surface area contributed by atoms with Crippen LogP contribution in [0.5, 0.6) is 0 Å². The predicted octanol–water partition coefficient (Wildman–Crippen LogP) is 4.63. The van der Waals surface area contributed by atoms with E-state index in [2.05, 4.69) is 0 Å². The van der Waals surface area contributed by atoms with Crippen molar-refractivity contribution in [2.45, 2.75) is 6.92 Å². The summed E-state index contributed by atoms with van der Waals surface area (Å²) in [5.41, 5.74) is 2.76. The van der Waals surface area contributed by atoms with Crippen LogP contribution in [-0.4, -0.2) is 25.4 Å². The number of nitrogens with zero attached hydrogens (tertiary/aromatic N) is 2. The number of hydrogen-bond acceptors (Lipinski definition) is 2. The lowest BCUT2D eigenvalue weighted by molar-refractivity contribution is 0.0983. The highest BCUT2D eigenvalue weighted by Crippen LogP contribution is 2.24. The van der Waals surface area contributed by atoms with Gasteiger partial charge in [-0.1, -0.05) is 42.5 Å². The molecule has 0 aliphatic heterocycles. The Labute approximate surface area is 159 Å². The third-order valence-corrected chi connectivity index (χ3v) is 4.44. The molecule has 0 radical (unpaired) electrons. The maximum absolute atomic E-state index is 12.9. The van der Waals surface area contributed by atoms with Crippen LogP contribution in [0.1, 0.15) is 27.6 Å². The molecule has 4 nitrogen and oxygen atoms in total. The number of rotatable bonds is 5. The third-order valence-electron chi connectivity index (χ3n) is 4.44. The number of carbonyl (C=O) groups is 2. The van der Waals surface area contributed by atoms with Crippen molar-refractivity contribution in [3.8, 4) is 0 Å². The first-order valence-electron chi connectivity index (χ1n) is 8.92. The Morgan fingerprint density at radius 3 is 1.78 bits per heavy atom. The van der Waals surface area contributed by atoms with Crippen LogP contribution >= 0.6 is 0 Å². The lowest BCUT2D eigenvalue weighted by Crippen LogP contribution is -2.31. The quantitative estimate of drug-likeness (QED) is 0.667. The largest absolute Gasteiger partial charge is 0.311 e. The minimum atomic E-state index is -0.0924. The summed E-state index contributed by atoms with van der Waals surface area (Å²) in [7, 11) is 1.74. The first-order chi connectivity index (χ1) is 13.1. The van der Waals surface area contributed by atoms with E-state index in [0.717, 1.165) is 11.4 Å². The molecule has 3 aromatic carbocycles. The van der Waals surface area contributed by atoms with E-state index in [1.807, 2.05) is 67.6 Å². The van der Waals surface area contributed by atoms with Crippen LogP contribution in [0.3, 0.4) is 0 Å². The summed E-state index contributed by atoms with van der Waals surface area (Å²) in [6, 6.07) is 25.8. The highest BCUT2D eigenvalue weighted by molar-refractivity contribution is 6.08. The Morgan fingerprint density at radius 2 is 1.22 bits per heavy atom. The fourth-order valence-electron chi connectivity index (χ4n) is 2.94. The standard InChI is InChI=1S/C23H22N2O2/c1-3-25(23(27)19-13-8-5-9-14-19)21-16-10-15-20(17-21)24(2)22(26)18-11-6-4-7-12-18/h4-17H,3H2,1-2H3. The van der Waals surface area contributed by atoms with Gasteiger partial charge in [-0.2, -0.15) is 0 Å². The van der Waals surface area contributed by atoms with Gasteiger partial charge in [0.15, 0.2) is 0 Å². The molecular formula is C23H22N2O2. The highest BCUT2D eigenvalue weighted by atomic mass is 16.2. The van der Waals surface area contributed by atoms with Gasteiger partial charge in [0.1, 0.15) is 0 Å². The molecular weight excluding hydrogens is 336 g/mol. The van der Waals surface area contributed by atoms with Gasteiger partial charge in [-0.3, -0.25) is 9.59 Å². The molecule has 0 saturated heterocycles. The Hall–Kier alpha value is -3.40. The normalized spacial score (nSPS) is 10.3. The molecule has 3 aromatic rings. The summed E-state index contributed by atoms with van der Waals surface area (Å²) in [5, 5.41) is 0. The smallest absolute Gasteiger partial charge is 0.258 e. The number of carbonyl (C=O) groups excluding carboxylic acids is 2. The van der Waals surface area contributed by atoms with Crippen LogP contribution in [0.25, 0.3) is 0 Å². The summed E-state index contributed by atoms with van der Waals surface area (Å²) in [5.74, 6) is -0.155. The SMILES string of the molecule is CCN(C(=O)c1ccccc1)c1cccc(N(C)C(=O)c2ccccc2)c1. The minimum absolute atomic E-state index is 0.0627. The number of amides is 2. The van der Waals surface area contributed by atoms with Gasteiger partial charge in [0.25, 0.3) is 11.8 Å². The average molecular weight is 358 g/mol. The van der Waals surface area contributed by atoms with E-state index in [0.29, 0.717) is 17.7 Å². The number of anilines is 2. The van der Waals surface area contributed by atoms with E-state index in [1.54, 1.807) is 41.1 Å². The molecule has 0 aromatic heterocycles. The van der Waals surface area contributed by atoms with Gasteiger partial charge in [0.2, 0.25) is 0 Å². The Bertz CT molecular complexity index is 923. The van der Waals surface area contributed by atoms with Crippen LogP contribution in [0.2, 0.25) is 0 Å². The maximum atomic E-state index is 12.9. The maximum Gasteiger partial charge on any atom is 0.258 e. The molecule has 0 N–H and O–H groups in total. The fourth-order valence-corrected chi connectivity index (χ4v) is 2.94. The van der Waals surface area contributed by atoms with Crippen LogP contribution in [0.4, 0.5) is 11.4 Å². The van der Waals surface area contributed by atoms with Gasteiger partial charge in [0, 0.05) is 36.1 Å². The molecule has 0 aliphatic rings. The molecule has 4 heteroatoms. The zero-order valence-corrected chi connectivity index (χ0v) is 15.5. The monoisotopic (exact) mass is 358 g/mol. The molecule has 2 amide bonds. The van der Waals surface area contributed by atoms with E-state index in [9.17, 15) is 9.59 Å². The highest BCUT2D eigenvalue weighted by Gasteiger charge is 2.18. The van der Waals surface area contributed by atoms with Gasteiger partial charge in [0.05, 0.1) is 0 Å². The van der Waals surface area contributed by atoms with Crippen molar-refractivity contribution in [3.63, 3.8) is 0 Å². The molecule has 0 saturated carbocycles. The molecule has 27 heavy (non-hydrogen) atoms. The Morgan fingerprint density at radius 1 is 0.704 bits per heavy atom. The lowest BCUT2D eigenvalue weighted by atomic mass is 10.1. The summed E-state index contributed by atoms with van der Waals surface area (Å²) < 4.78 is 0. The Balaban J connectivity index is 1.88. The van der Waals surface area contributed by atoms with E-state index >= 15 is 0 Å². The molecule has 0 heterocycles. The van der Waals surface area contributed by atoms with Crippen molar-refractivity contribution in [1.82, 2.24) is 0 Å². The fraction of sp³-hybridized carbons (Fsp3) is 0.130. The van der Waals surface area contributed by atoms with E-state index in [-0.39, 0.29) is 11.8 Å². The first-order valence-corrected chi connectivity index (χ1v) is 8.92. The zero-order chi connectivity index (χ0) is 19.2. The van der Waals surface area contributed by atoms with Gasteiger partial charge >= 0.3 is 0 Å². The van der Waals surface area contributed by atoms with Crippen LogP contribution < -0.4 is 9.80 Å². The molecule has 0 unspecified atom stereocenters.